The lowest BCUT2D eigenvalue weighted by atomic mass is 9.99. The number of anilines is 2. The van der Waals surface area contributed by atoms with Gasteiger partial charge in [-0.3, -0.25) is 20.3 Å². The van der Waals surface area contributed by atoms with Gasteiger partial charge in [0.2, 0.25) is 5.91 Å². The molecule has 13 nitrogen and oxygen atoms in total. The molecule has 0 aliphatic heterocycles. The number of unbranched alkanes of at least 4 members (excludes halogenated alkanes) is 2. The maximum absolute atomic E-state index is 12.7. The molecule has 0 aliphatic rings. The van der Waals surface area contributed by atoms with Crippen molar-refractivity contribution in [1.82, 2.24) is 25.5 Å². The van der Waals surface area contributed by atoms with Crippen molar-refractivity contribution in [2.75, 3.05) is 31.6 Å². The molecule has 1 aromatic heterocycles. The summed E-state index contributed by atoms with van der Waals surface area (Å²) >= 11 is 5.81. The van der Waals surface area contributed by atoms with E-state index < -0.39 is 17.9 Å². The number of carbonyl (C=O) groups is 3. The fourth-order valence-electron chi connectivity index (χ4n) is 4.79. The summed E-state index contributed by atoms with van der Waals surface area (Å²) in [5, 5.41) is 22.5. The van der Waals surface area contributed by atoms with Gasteiger partial charge in [-0.25, -0.2) is 14.8 Å². The van der Waals surface area contributed by atoms with Gasteiger partial charge in [0.25, 0.3) is 5.91 Å². The first kappa shape index (κ1) is 35.7. The van der Waals surface area contributed by atoms with Crippen molar-refractivity contribution in [3.8, 4) is 11.1 Å². The highest BCUT2D eigenvalue weighted by Gasteiger charge is 2.25. The smallest absolute Gasteiger partial charge is 0.326 e. The van der Waals surface area contributed by atoms with E-state index in [1.165, 1.54) is 10.5 Å². The molecular weight excluding hydrogens is 610 g/mol. The molecule has 1 atom stereocenters. The molecule has 0 fully saturated rings. The van der Waals surface area contributed by atoms with Gasteiger partial charge in [0, 0.05) is 20.0 Å². The number of aliphatic carboxylic acids is 1. The monoisotopic (exact) mass is 651 g/mol. The number of benzene rings is 2. The Balaban J connectivity index is 1.39. The minimum Gasteiger partial charge on any atom is -0.480 e. The van der Waals surface area contributed by atoms with Crippen LogP contribution in [0.3, 0.4) is 0 Å². The summed E-state index contributed by atoms with van der Waals surface area (Å²) in [6.07, 6.45) is 5.06. The number of guanidine groups is 1. The van der Waals surface area contributed by atoms with Crippen molar-refractivity contribution in [2.24, 2.45) is 5.73 Å². The van der Waals surface area contributed by atoms with Crippen LogP contribution in [0.5, 0.6) is 0 Å². The number of nitrogens with two attached hydrogens (primary N) is 3. The van der Waals surface area contributed by atoms with Crippen LogP contribution in [0.4, 0.5) is 11.6 Å². The van der Waals surface area contributed by atoms with Crippen LogP contribution in [-0.2, 0) is 22.4 Å². The van der Waals surface area contributed by atoms with E-state index >= 15 is 0 Å². The number of carboxylic acids is 1. The number of nitrogens with one attached hydrogen (secondary N) is 3. The fourth-order valence-corrected chi connectivity index (χ4v) is 4.91. The van der Waals surface area contributed by atoms with Crippen LogP contribution in [0, 0.1) is 5.41 Å². The Morgan fingerprint density at radius 1 is 0.913 bits per heavy atom. The lowest BCUT2D eigenvalue weighted by Crippen LogP contribution is -2.42. The van der Waals surface area contributed by atoms with Gasteiger partial charge in [-0.1, -0.05) is 60.1 Å². The largest absolute Gasteiger partial charge is 0.480 e. The van der Waals surface area contributed by atoms with Gasteiger partial charge >= 0.3 is 5.97 Å². The number of halogens is 1. The number of rotatable bonds is 16. The van der Waals surface area contributed by atoms with Crippen molar-refractivity contribution in [2.45, 2.75) is 57.4 Å². The SMILES string of the molecule is CN(C(=O)CCc1ccc(-c2ccc(CCCCNC(=N)NC(=O)c3nc(Cl)c(N)nc3N)cc2)cc1)[C@@H](CCCCN)C(=O)O. The molecule has 3 aromatic rings. The molecular formula is C32H42ClN9O4. The third-order valence-corrected chi connectivity index (χ3v) is 7.78. The molecule has 3 rings (SSSR count). The van der Waals surface area contributed by atoms with E-state index in [2.05, 4.69) is 44.9 Å². The number of hydrogen-bond acceptors (Lipinski definition) is 9. The van der Waals surface area contributed by atoms with Crippen LogP contribution >= 0.6 is 11.6 Å². The summed E-state index contributed by atoms with van der Waals surface area (Å²) in [5.41, 5.74) is 20.8. The Kier molecular flexibility index (Phi) is 13.7. The Labute approximate surface area is 273 Å². The number of aryl methyl sites for hydroxylation is 2. The van der Waals surface area contributed by atoms with Gasteiger partial charge in [-0.2, -0.15) is 0 Å². The number of likely N-dealkylation sites (N-methyl/N-ethyl adjacent to an activating group) is 1. The predicted molar refractivity (Wildman–Crippen MR) is 179 cm³/mol. The van der Waals surface area contributed by atoms with Crippen molar-refractivity contribution in [3.63, 3.8) is 0 Å². The molecule has 0 saturated heterocycles. The molecule has 10 N–H and O–H groups in total. The Bertz CT molecular complexity index is 1500. The van der Waals surface area contributed by atoms with Gasteiger partial charge in [-0.05, 0) is 73.7 Å². The molecule has 0 spiro atoms. The van der Waals surface area contributed by atoms with E-state index in [1.54, 1.807) is 7.05 Å². The number of amides is 2. The lowest BCUT2D eigenvalue weighted by molar-refractivity contribution is -0.149. The molecule has 46 heavy (non-hydrogen) atoms. The molecule has 1 heterocycles. The van der Waals surface area contributed by atoms with Gasteiger partial charge in [0.15, 0.2) is 28.4 Å². The number of nitrogen functional groups attached to an aromatic ring is 2. The Morgan fingerprint density at radius 2 is 1.52 bits per heavy atom. The molecule has 14 heteroatoms. The van der Waals surface area contributed by atoms with Crippen LogP contribution in [-0.4, -0.2) is 69.9 Å². The highest BCUT2D eigenvalue weighted by Crippen LogP contribution is 2.22. The quantitative estimate of drug-likeness (QED) is 0.0679. The van der Waals surface area contributed by atoms with Crippen molar-refractivity contribution < 1.29 is 19.5 Å². The predicted octanol–water partition coefficient (Wildman–Crippen LogP) is 3.21. The number of carbonyl (C=O) groups excluding carboxylic acids is 2. The number of nitrogens with zero attached hydrogens (tertiary/aromatic N) is 3. The van der Waals surface area contributed by atoms with Gasteiger partial charge in [0.1, 0.15) is 6.04 Å². The minimum atomic E-state index is -0.996. The standard InChI is InChI=1S/C32H42ClN9O4/c1-42(24(31(45)46)7-2-4-18-34)25(43)17-12-21-10-15-23(16-11-21)22-13-8-20(9-14-22)6-3-5-19-38-32(37)41-30(44)26-28(35)40-29(36)27(33)39-26/h8-11,13-16,24H,2-7,12,17-19,34H2,1H3,(H,45,46)(H4,35,36,40)(H3,37,38,41,44)/t24-/m0/s1. The first-order chi connectivity index (χ1) is 22.0. The zero-order valence-electron chi connectivity index (χ0n) is 25.9. The van der Waals surface area contributed by atoms with Crippen LogP contribution < -0.4 is 27.8 Å². The van der Waals surface area contributed by atoms with E-state index in [1.807, 2.05) is 24.3 Å². The molecule has 0 radical (unpaired) electrons. The Morgan fingerprint density at radius 3 is 2.11 bits per heavy atom. The summed E-state index contributed by atoms with van der Waals surface area (Å²) in [7, 11) is 1.55. The second kappa shape index (κ2) is 17.7. The fraction of sp³-hybridized carbons (Fsp3) is 0.375. The van der Waals surface area contributed by atoms with E-state index in [0.29, 0.717) is 32.4 Å². The third kappa shape index (κ3) is 10.7. The van der Waals surface area contributed by atoms with Crippen LogP contribution in [0.2, 0.25) is 5.15 Å². The van der Waals surface area contributed by atoms with Crippen molar-refractivity contribution >= 4 is 47.0 Å². The highest BCUT2D eigenvalue weighted by molar-refractivity contribution is 6.31. The summed E-state index contributed by atoms with van der Waals surface area (Å²) in [5.74, 6) is -2.34. The lowest BCUT2D eigenvalue weighted by Gasteiger charge is -2.25. The third-order valence-electron chi connectivity index (χ3n) is 7.50. The van der Waals surface area contributed by atoms with Crippen LogP contribution in [0.1, 0.15) is 60.1 Å². The summed E-state index contributed by atoms with van der Waals surface area (Å²) < 4.78 is 0. The summed E-state index contributed by atoms with van der Waals surface area (Å²) in [6.45, 7) is 0.989. The van der Waals surface area contributed by atoms with E-state index in [9.17, 15) is 19.5 Å². The maximum atomic E-state index is 12.7. The molecule has 2 amide bonds. The number of carboxylic acid groups (broad SMARTS) is 1. The minimum absolute atomic E-state index is 0.0801. The van der Waals surface area contributed by atoms with Gasteiger partial charge in [0.05, 0.1) is 0 Å². The number of hydrogen-bond donors (Lipinski definition) is 7. The highest BCUT2D eigenvalue weighted by atomic mass is 35.5. The maximum Gasteiger partial charge on any atom is 0.326 e. The van der Waals surface area contributed by atoms with Crippen LogP contribution in [0.15, 0.2) is 48.5 Å². The van der Waals surface area contributed by atoms with E-state index in [0.717, 1.165) is 42.4 Å². The van der Waals surface area contributed by atoms with Gasteiger partial charge < -0.3 is 32.5 Å². The van der Waals surface area contributed by atoms with Crippen LogP contribution in [0.25, 0.3) is 11.1 Å². The van der Waals surface area contributed by atoms with E-state index in [4.69, 9.17) is 34.2 Å². The summed E-state index contributed by atoms with van der Waals surface area (Å²) in [4.78, 5) is 45.5. The topological polar surface area (TPSA) is 226 Å². The molecule has 0 unspecified atom stereocenters. The second-order valence-electron chi connectivity index (χ2n) is 10.9. The average Bonchev–Trinajstić information content (AvgIpc) is 3.03. The average molecular weight is 652 g/mol. The first-order valence-corrected chi connectivity index (χ1v) is 15.5. The second-order valence-corrected chi connectivity index (χ2v) is 11.2. The zero-order chi connectivity index (χ0) is 33.6. The van der Waals surface area contributed by atoms with E-state index in [-0.39, 0.29) is 40.8 Å². The first-order valence-electron chi connectivity index (χ1n) is 15.1. The molecule has 2 aromatic carbocycles. The summed E-state index contributed by atoms with van der Waals surface area (Å²) in [6, 6.07) is 15.5. The number of aromatic nitrogens is 2. The Hall–Kier alpha value is -4.75. The zero-order valence-corrected chi connectivity index (χ0v) is 26.6. The molecule has 0 aliphatic carbocycles. The normalized spacial score (nSPS) is 11.5. The molecule has 246 valence electrons. The molecule has 0 saturated carbocycles. The van der Waals surface area contributed by atoms with Gasteiger partial charge in [-0.15, -0.1) is 0 Å². The molecule has 0 bridgehead atoms. The van der Waals surface area contributed by atoms with Crippen molar-refractivity contribution in [3.05, 3.63) is 70.5 Å². The van der Waals surface area contributed by atoms with Crippen molar-refractivity contribution in [1.29, 1.82) is 5.41 Å².